The van der Waals surface area contributed by atoms with Gasteiger partial charge < -0.3 is 15.3 Å². The molecule has 3 nitrogen and oxygen atoms in total. The van der Waals surface area contributed by atoms with Gasteiger partial charge in [-0.1, -0.05) is 0 Å². The van der Waals surface area contributed by atoms with Crippen LogP contribution in [0.1, 0.15) is 0 Å². The van der Waals surface area contributed by atoms with Crippen LogP contribution in [0.25, 0.3) is 11.0 Å². The van der Waals surface area contributed by atoms with Gasteiger partial charge in [-0.05, 0) is 12.1 Å². The van der Waals surface area contributed by atoms with Crippen LogP contribution in [0.15, 0.2) is 28.9 Å². The molecule has 0 atom stereocenters. The van der Waals surface area contributed by atoms with Crippen molar-refractivity contribution in [3.63, 3.8) is 0 Å². The van der Waals surface area contributed by atoms with Crippen molar-refractivity contribution in [2.45, 2.75) is 0 Å². The zero-order valence-corrected chi connectivity index (χ0v) is 5.74. The molecule has 0 amide bonds. The summed E-state index contributed by atoms with van der Waals surface area (Å²) in [6.45, 7) is 0. The number of rotatable bonds is 0. The zero-order valence-electron chi connectivity index (χ0n) is 5.74. The van der Waals surface area contributed by atoms with E-state index in [-0.39, 0.29) is 5.75 Å². The molecule has 0 unspecified atom stereocenters. The third-order valence-electron chi connectivity index (χ3n) is 1.55. The zero-order chi connectivity index (χ0) is 7.84. The quantitative estimate of drug-likeness (QED) is 0.560. The van der Waals surface area contributed by atoms with Crippen molar-refractivity contribution in [1.82, 2.24) is 0 Å². The Balaban J connectivity index is 2.91. The fourth-order valence-electron chi connectivity index (χ4n) is 1.09. The van der Waals surface area contributed by atoms with Gasteiger partial charge in [-0.15, -0.1) is 0 Å². The summed E-state index contributed by atoms with van der Waals surface area (Å²) in [4.78, 5) is 0. The number of phenols is 1. The van der Waals surface area contributed by atoms with E-state index in [1.165, 1.54) is 12.3 Å². The summed E-state index contributed by atoms with van der Waals surface area (Å²) < 4.78 is 5.00. The van der Waals surface area contributed by atoms with Crippen LogP contribution in [0.3, 0.4) is 0 Å². The molecule has 0 fully saturated rings. The minimum Gasteiger partial charge on any atom is -0.504 e. The van der Waals surface area contributed by atoms with Crippen molar-refractivity contribution in [1.29, 1.82) is 0 Å². The molecule has 0 aliphatic rings. The summed E-state index contributed by atoms with van der Waals surface area (Å²) >= 11 is 0. The van der Waals surface area contributed by atoms with Crippen LogP contribution in [-0.4, -0.2) is 5.11 Å². The first-order valence-electron chi connectivity index (χ1n) is 3.23. The molecule has 0 saturated heterocycles. The molecule has 1 heterocycles. The van der Waals surface area contributed by atoms with Gasteiger partial charge in [-0.2, -0.15) is 0 Å². The number of furan rings is 1. The van der Waals surface area contributed by atoms with Gasteiger partial charge >= 0.3 is 0 Å². The molecule has 1 aromatic carbocycles. The van der Waals surface area contributed by atoms with E-state index in [2.05, 4.69) is 0 Å². The molecule has 0 radical (unpaired) electrons. The average molecular weight is 149 g/mol. The highest BCUT2D eigenvalue weighted by molar-refractivity contribution is 5.86. The molecule has 0 aliphatic carbocycles. The fraction of sp³-hybridized carbons (Fsp3) is 0. The molecule has 3 heteroatoms. The highest BCUT2D eigenvalue weighted by Crippen LogP contribution is 2.27. The van der Waals surface area contributed by atoms with Crippen molar-refractivity contribution in [2.24, 2.45) is 0 Å². The Morgan fingerprint density at radius 3 is 3.00 bits per heavy atom. The first-order valence-corrected chi connectivity index (χ1v) is 3.23. The molecule has 2 aromatic rings. The van der Waals surface area contributed by atoms with Crippen molar-refractivity contribution in [3.05, 3.63) is 24.5 Å². The lowest BCUT2D eigenvalue weighted by molar-refractivity contribution is 0.465. The molecule has 0 spiro atoms. The Morgan fingerprint density at radius 2 is 2.18 bits per heavy atom. The van der Waals surface area contributed by atoms with Crippen LogP contribution in [0.5, 0.6) is 5.75 Å². The summed E-state index contributed by atoms with van der Waals surface area (Å²) in [5.41, 5.74) is 6.51. The van der Waals surface area contributed by atoms with E-state index < -0.39 is 0 Å². The summed E-state index contributed by atoms with van der Waals surface area (Å²) in [7, 11) is 0. The second kappa shape index (κ2) is 1.92. The van der Waals surface area contributed by atoms with Gasteiger partial charge in [-0.25, -0.2) is 0 Å². The Labute approximate surface area is 63.0 Å². The normalized spacial score (nSPS) is 10.5. The summed E-state index contributed by atoms with van der Waals surface area (Å²) in [5, 5.41) is 10.1. The fourth-order valence-corrected chi connectivity index (χ4v) is 1.09. The van der Waals surface area contributed by atoms with E-state index in [0.717, 1.165) is 5.39 Å². The average Bonchev–Trinajstić information content (AvgIpc) is 2.34. The Bertz CT molecular complexity index is 392. The molecular formula is C8H7NO2. The maximum atomic E-state index is 9.27. The maximum absolute atomic E-state index is 9.27. The standard InChI is InChI=1S/C8H7NO2/c9-6-3-5-1-2-11-8(5)7(10)4-6/h1-4,10H,9H2. The van der Waals surface area contributed by atoms with Crippen molar-refractivity contribution in [2.75, 3.05) is 5.73 Å². The Morgan fingerprint density at radius 1 is 1.36 bits per heavy atom. The molecule has 56 valence electrons. The number of phenolic OH excluding ortho intramolecular Hbond substituents is 1. The minimum atomic E-state index is 0.0880. The second-order valence-electron chi connectivity index (χ2n) is 2.38. The van der Waals surface area contributed by atoms with E-state index in [4.69, 9.17) is 10.2 Å². The Kier molecular flexibility index (Phi) is 1.06. The van der Waals surface area contributed by atoms with E-state index >= 15 is 0 Å². The summed E-state index contributed by atoms with van der Waals surface area (Å²) in [5.74, 6) is 0.0880. The van der Waals surface area contributed by atoms with E-state index in [0.29, 0.717) is 11.3 Å². The highest BCUT2D eigenvalue weighted by atomic mass is 16.3. The van der Waals surface area contributed by atoms with Crippen LogP contribution in [0.4, 0.5) is 5.69 Å². The van der Waals surface area contributed by atoms with Gasteiger partial charge in [-0.3, -0.25) is 0 Å². The van der Waals surface area contributed by atoms with Crippen LogP contribution >= 0.6 is 0 Å². The maximum Gasteiger partial charge on any atom is 0.175 e. The first kappa shape index (κ1) is 6.09. The SMILES string of the molecule is Nc1cc(O)c2occc2c1. The van der Waals surface area contributed by atoms with Crippen LogP contribution in [0.2, 0.25) is 0 Å². The smallest absolute Gasteiger partial charge is 0.175 e. The Hall–Kier alpha value is -1.64. The summed E-state index contributed by atoms with van der Waals surface area (Å²) in [6.07, 6.45) is 1.52. The van der Waals surface area contributed by atoms with E-state index in [1.54, 1.807) is 12.1 Å². The molecule has 0 saturated carbocycles. The number of benzene rings is 1. The van der Waals surface area contributed by atoms with E-state index in [9.17, 15) is 5.11 Å². The third kappa shape index (κ3) is 0.816. The largest absolute Gasteiger partial charge is 0.504 e. The van der Waals surface area contributed by atoms with Gasteiger partial charge in [0.25, 0.3) is 0 Å². The second-order valence-corrected chi connectivity index (χ2v) is 2.38. The predicted molar refractivity (Wildman–Crippen MR) is 42.3 cm³/mol. The van der Waals surface area contributed by atoms with Gasteiger partial charge in [0.1, 0.15) is 0 Å². The van der Waals surface area contributed by atoms with Crippen molar-refractivity contribution >= 4 is 16.7 Å². The molecule has 0 bridgehead atoms. The number of hydrogen-bond donors (Lipinski definition) is 2. The third-order valence-corrected chi connectivity index (χ3v) is 1.55. The minimum absolute atomic E-state index is 0.0880. The van der Waals surface area contributed by atoms with Gasteiger partial charge in [0, 0.05) is 17.1 Å². The van der Waals surface area contributed by atoms with Crippen molar-refractivity contribution in [3.8, 4) is 5.75 Å². The summed E-state index contributed by atoms with van der Waals surface area (Å²) in [6, 6.07) is 4.97. The van der Waals surface area contributed by atoms with Gasteiger partial charge in [0.2, 0.25) is 0 Å². The lowest BCUT2D eigenvalue weighted by Crippen LogP contribution is -1.82. The lowest BCUT2D eigenvalue weighted by Gasteiger charge is -1.95. The molecular weight excluding hydrogens is 142 g/mol. The monoisotopic (exact) mass is 149 g/mol. The lowest BCUT2D eigenvalue weighted by atomic mass is 10.2. The van der Waals surface area contributed by atoms with Crippen LogP contribution < -0.4 is 5.73 Å². The highest BCUT2D eigenvalue weighted by Gasteiger charge is 2.02. The number of nitrogens with two attached hydrogens (primary N) is 1. The molecule has 3 N–H and O–H groups in total. The van der Waals surface area contributed by atoms with Gasteiger partial charge in [0.05, 0.1) is 6.26 Å². The molecule has 1 aromatic heterocycles. The number of hydrogen-bond acceptors (Lipinski definition) is 3. The number of aromatic hydroxyl groups is 1. The van der Waals surface area contributed by atoms with Gasteiger partial charge in [0.15, 0.2) is 11.3 Å². The van der Waals surface area contributed by atoms with Crippen LogP contribution in [0, 0.1) is 0 Å². The van der Waals surface area contributed by atoms with E-state index in [1.807, 2.05) is 0 Å². The number of nitrogen functional groups attached to an aromatic ring is 1. The number of anilines is 1. The molecule has 11 heavy (non-hydrogen) atoms. The van der Waals surface area contributed by atoms with Crippen LogP contribution in [-0.2, 0) is 0 Å². The molecule has 0 aliphatic heterocycles. The number of fused-ring (bicyclic) bond motifs is 1. The van der Waals surface area contributed by atoms with Crippen molar-refractivity contribution < 1.29 is 9.52 Å². The first-order chi connectivity index (χ1) is 5.27. The molecule has 2 rings (SSSR count). The topological polar surface area (TPSA) is 59.4 Å². The predicted octanol–water partition coefficient (Wildman–Crippen LogP) is 1.72.